The smallest absolute Gasteiger partial charge is 0.269 e. The van der Waals surface area contributed by atoms with E-state index in [-0.39, 0.29) is 9.47 Å². The molecule has 8 heteroatoms. The molecular weight excluding hydrogens is 260 g/mol. The second kappa shape index (κ2) is 5.28. The molecule has 1 aliphatic rings. The van der Waals surface area contributed by atoms with Gasteiger partial charge in [-0.1, -0.05) is 30.6 Å². The number of nitrogens with two attached hydrogens (primary N) is 1. The molecule has 0 atom stereocenters. The third kappa shape index (κ3) is 3.36. The van der Waals surface area contributed by atoms with E-state index in [1.165, 1.54) is 19.3 Å². The Balaban J connectivity index is 1.93. The number of rotatable bonds is 4. The Bertz CT molecular complexity index is 465. The molecule has 0 aliphatic heterocycles. The van der Waals surface area contributed by atoms with Gasteiger partial charge >= 0.3 is 0 Å². The highest BCUT2D eigenvalue weighted by Gasteiger charge is 2.22. The highest BCUT2D eigenvalue weighted by Crippen LogP contribution is 2.23. The minimum Gasteiger partial charge on any atom is -0.374 e. The molecule has 0 unspecified atom stereocenters. The van der Waals surface area contributed by atoms with E-state index in [1.54, 1.807) is 0 Å². The zero-order valence-electron chi connectivity index (χ0n) is 9.42. The fourth-order valence-electron chi connectivity index (χ4n) is 2.01. The number of hydrogen-bond donors (Lipinski definition) is 2. The standard InChI is InChI=1S/C9H16N4O2S2/c10-8-12-13-9(16-8)17(14,15)11-6-7-4-2-1-3-5-7/h7,11H,1-6H2,(H2,10,12). The number of nitrogen functional groups attached to an aromatic ring is 1. The molecule has 0 bridgehead atoms. The lowest BCUT2D eigenvalue weighted by atomic mass is 9.90. The lowest BCUT2D eigenvalue weighted by Crippen LogP contribution is -2.30. The maximum Gasteiger partial charge on any atom is 0.269 e. The largest absolute Gasteiger partial charge is 0.374 e. The van der Waals surface area contributed by atoms with E-state index in [1.807, 2.05) is 0 Å². The van der Waals surface area contributed by atoms with E-state index >= 15 is 0 Å². The normalized spacial score (nSPS) is 18.4. The van der Waals surface area contributed by atoms with Crippen molar-refractivity contribution in [1.29, 1.82) is 0 Å². The summed E-state index contributed by atoms with van der Waals surface area (Å²) in [5.41, 5.74) is 5.37. The van der Waals surface area contributed by atoms with Gasteiger partial charge in [0.1, 0.15) is 0 Å². The van der Waals surface area contributed by atoms with E-state index in [0.717, 1.165) is 24.2 Å². The van der Waals surface area contributed by atoms with Gasteiger partial charge < -0.3 is 5.73 Å². The van der Waals surface area contributed by atoms with E-state index in [0.29, 0.717) is 12.5 Å². The fraction of sp³-hybridized carbons (Fsp3) is 0.778. The summed E-state index contributed by atoms with van der Waals surface area (Å²) in [5, 5.41) is 7.22. The van der Waals surface area contributed by atoms with Crippen molar-refractivity contribution in [3.63, 3.8) is 0 Å². The van der Waals surface area contributed by atoms with Gasteiger partial charge in [0.25, 0.3) is 10.0 Å². The van der Waals surface area contributed by atoms with Crippen molar-refractivity contribution in [3.05, 3.63) is 0 Å². The van der Waals surface area contributed by atoms with Crippen molar-refractivity contribution in [2.24, 2.45) is 5.92 Å². The van der Waals surface area contributed by atoms with E-state index in [9.17, 15) is 8.42 Å². The molecule has 1 aromatic rings. The number of hydrogen-bond acceptors (Lipinski definition) is 6. The Morgan fingerprint density at radius 2 is 2.00 bits per heavy atom. The topological polar surface area (TPSA) is 98.0 Å². The third-order valence-corrected chi connectivity index (χ3v) is 5.48. The SMILES string of the molecule is Nc1nnc(S(=O)(=O)NCC2CCCCC2)s1. The first kappa shape index (κ1) is 12.7. The lowest BCUT2D eigenvalue weighted by molar-refractivity contribution is 0.357. The number of sulfonamides is 1. The molecule has 6 nitrogen and oxygen atoms in total. The van der Waals surface area contributed by atoms with Gasteiger partial charge in [0.2, 0.25) is 9.47 Å². The first-order chi connectivity index (χ1) is 8.08. The molecule has 3 N–H and O–H groups in total. The summed E-state index contributed by atoms with van der Waals surface area (Å²) in [7, 11) is -3.52. The number of nitrogens with one attached hydrogen (secondary N) is 1. The molecule has 1 aliphatic carbocycles. The van der Waals surface area contributed by atoms with Crippen LogP contribution in [0.15, 0.2) is 4.34 Å². The minimum atomic E-state index is -3.52. The van der Waals surface area contributed by atoms with Crippen LogP contribution >= 0.6 is 11.3 Å². The molecule has 1 heterocycles. The molecule has 1 fully saturated rings. The molecule has 0 radical (unpaired) electrons. The fourth-order valence-corrected chi connectivity index (χ4v) is 3.95. The van der Waals surface area contributed by atoms with Gasteiger partial charge in [-0.25, -0.2) is 13.1 Å². The van der Waals surface area contributed by atoms with Crippen LogP contribution in [0.2, 0.25) is 0 Å². The Labute approximate surface area is 105 Å². The third-order valence-electron chi connectivity index (χ3n) is 2.94. The summed E-state index contributed by atoms with van der Waals surface area (Å²) in [5.74, 6) is 0.448. The Morgan fingerprint density at radius 3 is 2.59 bits per heavy atom. The maximum absolute atomic E-state index is 11.8. The van der Waals surface area contributed by atoms with Crippen molar-refractivity contribution in [2.75, 3.05) is 12.3 Å². The van der Waals surface area contributed by atoms with E-state index < -0.39 is 10.0 Å². The van der Waals surface area contributed by atoms with Gasteiger partial charge in [-0.15, -0.1) is 10.2 Å². The molecule has 2 rings (SSSR count). The average molecular weight is 276 g/mol. The van der Waals surface area contributed by atoms with Crippen molar-refractivity contribution in [1.82, 2.24) is 14.9 Å². The molecule has 17 heavy (non-hydrogen) atoms. The quantitative estimate of drug-likeness (QED) is 0.854. The van der Waals surface area contributed by atoms with Crippen LogP contribution in [0.25, 0.3) is 0 Å². The molecule has 96 valence electrons. The summed E-state index contributed by atoms with van der Waals surface area (Å²) in [6.45, 7) is 0.488. The van der Waals surface area contributed by atoms with Crippen LogP contribution in [0.1, 0.15) is 32.1 Å². The Morgan fingerprint density at radius 1 is 1.29 bits per heavy atom. The Hall–Kier alpha value is -0.730. The summed E-state index contributed by atoms with van der Waals surface area (Å²) in [6.07, 6.45) is 5.84. The lowest BCUT2D eigenvalue weighted by Gasteiger charge is -2.21. The van der Waals surface area contributed by atoms with Crippen molar-refractivity contribution in [3.8, 4) is 0 Å². The number of aromatic nitrogens is 2. The van der Waals surface area contributed by atoms with Crippen LogP contribution in [0.5, 0.6) is 0 Å². The minimum absolute atomic E-state index is 0.0502. The van der Waals surface area contributed by atoms with E-state index in [4.69, 9.17) is 5.73 Å². The first-order valence-electron chi connectivity index (χ1n) is 5.66. The predicted octanol–water partition coefficient (Wildman–Crippen LogP) is 0.979. The summed E-state index contributed by atoms with van der Waals surface area (Å²) in [6, 6.07) is 0. The van der Waals surface area contributed by atoms with Gasteiger partial charge in [-0.05, 0) is 18.8 Å². The molecule has 1 saturated carbocycles. The number of nitrogens with zero attached hydrogens (tertiary/aromatic N) is 2. The van der Waals surface area contributed by atoms with Crippen LogP contribution in [-0.4, -0.2) is 25.2 Å². The van der Waals surface area contributed by atoms with Crippen LogP contribution in [0, 0.1) is 5.92 Å². The van der Waals surface area contributed by atoms with Gasteiger partial charge in [0, 0.05) is 6.54 Å². The van der Waals surface area contributed by atoms with Crippen LogP contribution in [0.3, 0.4) is 0 Å². The highest BCUT2D eigenvalue weighted by atomic mass is 32.2. The van der Waals surface area contributed by atoms with Gasteiger partial charge in [0.05, 0.1) is 0 Å². The van der Waals surface area contributed by atoms with Crippen molar-refractivity contribution < 1.29 is 8.42 Å². The second-order valence-electron chi connectivity index (χ2n) is 4.26. The zero-order valence-corrected chi connectivity index (χ0v) is 11.1. The predicted molar refractivity (Wildman–Crippen MR) is 66.1 cm³/mol. The molecular formula is C9H16N4O2S2. The summed E-state index contributed by atoms with van der Waals surface area (Å²) >= 11 is 0.886. The molecule has 1 aromatic heterocycles. The van der Waals surface area contributed by atoms with Gasteiger partial charge in [-0.3, -0.25) is 0 Å². The van der Waals surface area contributed by atoms with Crippen LogP contribution in [-0.2, 0) is 10.0 Å². The molecule has 0 saturated heterocycles. The zero-order chi connectivity index (χ0) is 12.3. The molecule has 0 spiro atoms. The Kier molecular flexibility index (Phi) is 3.95. The summed E-state index contributed by atoms with van der Waals surface area (Å²) in [4.78, 5) is 0. The van der Waals surface area contributed by atoms with Gasteiger partial charge in [-0.2, -0.15) is 0 Å². The monoisotopic (exact) mass is 276 g/mol. The maximum atomic E-state index is 11.8. The number of anilines is 1. The van der Waals surface area contributed by atoms with Gasteiger partial charge in [0.15, 0.2) is 0 Å². The summed E-state index contributed by atoms with van der Waals surface area (Å²) < 4.78 is 26.2. The highest BCUT2D eigenvalue weighted by molar-refractivity contribution is 7.91. The molecule has 0 amide bonds. The molecule has 0 aromatic carbocycles. The average Bonchev–Trinajstić information content (AvgIpc) is 2.76. The van der Waals surface area contributed by atoms with Crippen LogP contribution < -0.4 is 10.5 Å². The van der Waals surface area contributed by atoms with Crippen LogP contribution in [0.4, 0.5) is 5.13 Å². The van der Waals surface area contributed by atoms with E-state index in [2.05, 4.69) is 14.9 Å². The van der Waals surface area contributed by atoms with Crippen molar-refractivity contribution >= 4 is 26.5 Å². The first-order valence-corrected chi connectivity index (χ1v) is 7.96. The van der Waals surface area contributed by atoms with Crippen molar-refractivity contribution in [2.45, 2.75) is 36.4 Å². The second-order valence-corrected chi connectivity index (χ2v) is 7.21.